The summed E-state index contributed by atoms with van der Waals surface area (Å²) in [6, 6.07) is 11.5. The van der Waals surface area contributed by atoms with Crippen LogP contribution in [0.2, 0.25) is 5.02 Å². The Morgan fingerprint density at radius 1 is 1.13 bits per heavy atom. The highest BCUT2D eigenvalue weighted by atomic mass is 35.5. The topological polar surface area (TPSA) is 22.1 Å². The van der Waals surface area contributed by atoms with E-state index >= 15 is 0 Å². The lowest BCUT2D eigenvalue weighted by molar-refractivity contribution is 0.306. The molecule has 1 aromatic carbocycles. The Morgan fingerprint density at radius 2 is 1.93 bits per heavy atom. The average Bonchev–Trinajstić information content (AvgIpc) is 2.28. The first-order chi connectivity index (χ1) is 7.34. The van der Waals surface area contributed by atoms with Gasteiger partial charge >= 0.3 is 0 Å². The van der Waals surface area contributed by atoms with Crippen LogP contribution in [0.15, 0.2) is 48.8 Å². The van der Waals surface area contributed by atoms with Gasteiger partial charge in [-0.05, 0) is 18.2 Å². The van der Waals surface area contributed by atoms with Crippen LogP contribution in [0.4, 0.5) is 0 Å². The van der Waals surface area contributed by atoms with Crippen molar-refractivity contribution in [2.24, 2.45) is 0 Å². The summed E-state index contributed by atoms with van der Waals surface area (Å²) in [6.07, 6.45) is 3.35. The summed E-state index contributed by atoms with van der Waals surface area (Å²) in [4.78, 5) is 3.98. The Balaban J connectivity index is 1.99. The van der Waals surface area contributed by atoms with Crippen molar-refractivity contribution in [3.63, 3.8) is 0 Å². The van der Waals surface area contributed by atoms with Gasteiger partial charge in [-0.2, -0.15) is 0 Å². The van der Waals surface area contributed by atoms with E-state index in [2.05, 4.69) is 4.98 Å². The molecule has 0 unspecified atom stereocenters. The fourth-order valence-corrected chi connectivity index (χ4v) is 1.41. The molecule has 2 aromatic rings. The molecule has 0 saturated heterocycles. The SMILES string of the molecule is Clc1cncc(COc2ccccc2)c1. The normalized spacial score (nSPS) is 9.93. The smallest absolute Gasteiger partial charge is 0.119 e. The molecule has 0 saturated carbocycles. The second-order valence-electron chi connectivity index (χ2n) is 3.11. The number of halogens is 1. The maximum Gasteiger partial charge on any atom is 0.119 e. The standard InChI is InChI=1S/C12H10ClNO/c13-11-6-10(7-14-8-11)9-15-12-4-2-1-3-5-12/h1-8H,9H2. The number of aromatic nitrogens is 1. The molecule has 0 atom stereocenters. The number of ether oxygens (including phenoxy) is 1. The number of nitrogens with zero attached hydrogens (tertiary/aromatic N) is 1. The Kier molecular flexibility index (Phi) is 3.20. The Labute approximate surface area is 93.5 Å². The van der Waals surface area contributed by atoms with E-state index in [4.69, 9.17) is 16.3 Å². The fourth-order valence-electron chi connectivity index (χ4n) is 1.22. The van der Waals surface area contributed by atoms with Crippen molar-refractivity contribution in [2.75, 3.05) is 0 Å². The number of hydrogen-bond donors (Lipinski definition) is 0. The number of hydrogen-bond acceptors (Lipinski definition) is 2. The highest BCUT2D eigenvalue weighted by molar-refractivity contribution is 6.30. The molecule has 0 aliphatic rings. The minimum absolute atomic E-state index is 0.484. The van der Waals surface area contributed by atoms with Crippen LogP contribution < -0.4 is 4.74 Å². The minimum Gasteiger partial charge on any atom is -0.489 e. The maximum atomic E-state index is 5.81. The molecule has 0 fully saturated rings. The molecule has 0 N–H and O–H groups in total. The molecule has 15 heavy (non-hydrogen) atoms. The molecular weight excluding hydrogens is 210 g/mol. The van der Waals surface area contributed by atoms with Crippen molar-refractivity contribution >= 4 is 11.6 Å². The lowest BCUT2D eigenvalue weighted by Crippen LogP contribution is -1.95. The quantitative estimate of drug-likeness (QED) is 0.790. The molecule has 76 valence electrons. The molecule has 2 nitrogen and oxygen atoms in total. The average molecular weight is 220 g/mol. The summed E-state index contributed by atoms with van der Waals surface area (Å²) in [5, 5.41) is 0.629. The van der Waals surface area contributed by atoms with E-state index in [1.807, 2.05) is 36.4 Å². The molecule has 0 aliphatic heterocycles. The zero-order chi connectivity index (χ0) is 10.5. The molecule has 0 radical (unpaired) electrons. The number of para-hydroxylation sites is 1. The summed E-state index contributed by atoms with van der Waals surface area (Å²) in [6.45, 7) is 0.484. The third kappa shape index (κ3) is 2.96. The van der Waals surface area contributed by atoms with Gasteiger partial charge in [-0.15, -0.1) is 0 Å². The monoisotopic (exact) mass is 219 g/mol. The van der Waals surface area contributed by atoms with Crippen LogP contribution in [-0.2, 0) is 6.61 Å². The third-order valence-electron chi connectivity index (χ3n) is 1.91. The Bertz CT molecular complexity index is 431. The van der Waals surface area contributed by atoms with Crippen molar-refractivity contribution < 1.29 is 4.74 Å². The summed E-state index contributed by atoms with van der Waals surface area (Å²) < 4.78 is 5.55. The van der Waals surface area contributed by atoms with Crippen molar-refractivity contribution in [3.05, 3.63) is 59.4 Å². The summed E-state index contributed by atoms with van der Waals surface area (Å²) >= 11 is 5.81. The molecule has 0 bridgehead atoms. The molecule has 0 amide bonds. The first kappa shape index (κ1) is 9.99. The van der Waals surface area contributed by atoms with E-state index < -0.39 is 0 Å². The lowest BCUT2D eigenvalue weighted by Gasteiger charge is -2.05. The molecule has 2 rings (SSSR count). The second-order valence-corrected chi connectivity index (χ2v) is 3.55. The van der Waals surface area contributed by atoms with E-state index in [-0.39, 0.29) is 0 Å². The van der Waals surface area contributed by atoms with Crippen LogP contribution in [0.5, 0.6) is 5.75 Å². The van der Waals surface area contributed by atoms with Gasteiger partial charge in [0.2, 0.25) is 0 Å². The van der Waals surface area contributed by atoms with Crippen LogP contribution in [0.1, 0.15) is 5.56 Å². The summed E-state index contributed by atoms with van der Waals surface area (Å²) in [5.74, 6) is 0.845. The third-order valence-corrected chi connectivity index (χ3v) is 2.12. The number of pyridine rings is 1. The number of rotatable bonds is 3. The van der Waals surface area contributed by atoms with Crippen molar-refractivity contribution in [1.82, 2.24) is 4.98 Å². The van der Waals surface area contributed by atoms with Gasteiger partial charge in [0.1, 0.15) is 12.4 Å². The van der Waals surface area contributed by atoms with Crippen molar-refractivity contribution in [3.8, 4) is 5.75 Å². The molecule has 1 aromatic heterocycles. The Hall–Kier alpha value is -1.54. The first-order valence-electron chi connectivity index (χ1n) is 4.62. The van der Waals surface area contributed by atoms with E-state index in [0.29, 0.717) is 11.6 Å². The van der Waals surface area contributed by atoms with Gasteiger partial charge in [0.25, 0.3) is 0 Å². The second kappa shape index (κ2) is 4.80. The largest absolute Gasteiger partial charge is 0.489 e. The van der Waals surface area contributed by atoms with Gasteiger partial charge < -0.3 is 4.74 Å². The van der Waals surface area contributed by atoms with Gasteiger partial charge in [0.15, 0.2) is 0 Å². The van der Waals surface area contributed by atoms with Crippen LogP contribution in [0.3, 0.4) is 0 Å². The summed E-state index contributed by atoms with van der Waals surface area (Å²) in [7, 11) is 0. The van der Waals surface area contributed by atoms with E-state index in [1.165, 1.54) is 0 Å². The molecule has 1 heterocycles. The van der Waals surface area contributed by atoms with Gasteiger partial charge in [0, 0.05) is 18.0 Å². The highest BCUT2D eigenvalue weighted by Crippen LogP contribution is 2.13. The zero-order valence-corrected chi connectivity index (χ0v) is 8.82. The van der Waals surface area contributed by atoms with Gasteiger partial charge in [-0.3, -0.25) is 4.98 Å². The van der Waals surface area contributed by atoms with Crippen LogP contribution in [-0.4, -0.2) is 4.98 Å². The maximum absolute atomic E-state index is 5.81. The molecular formula is C12H10ClNO. The zero-order valence-electron chi connectivity index (χ0n) is 8.06. The van der Waals surface area contributed by atoms with E-state index in [0.717, 1.165) is 11.3 Å². The first-order valence-corrected chi connectivity index (χ1v) is 5.00. The van der Waals surface area contributed by atoms with Crippen LogP contribution in [0.25, 0.3) is 0 Å². The number of benzene rings is 1. The predicted molar refractivity (Wildman–Crippen MR) is 60.0 cm³/mol. The lowest BCUT2D eigenvalue weighted by atomic mass is 10.3. The highest BCUT2D eigenvalue weighted by Gasteiger charge is 1.96. The fraction of sp³-hybridized carbons (Fsp3) is 0.0833. The van der Waals surface area contributed by atoms with Gasteiger partial charge in [0.05, 0.1) is 5.02 Å². The molecule has 3 heteroatoms. The summed E-state index contributed by atoms with van der Waals surface area (Å²) in [5.41, 5.74) is 0.964. The van der Waals surface area contributed by atoms with Crippen molar-refractivity contribution in [2.45, 2.75) is 6.61 Å². The van der Waals surface area contributed by atoms with Crippen LogP contribution in [0, 0.1) is 0 Å². The minimum atomic E-state index is 0.484. The molecule has 0 aliphatic carbocycles. The molecule has 0 spiro atoms. The van der Waals surface area contributed by atoms with Crippen LogP contribution >= 0.6 is 11.6 Å². The van der Waals surface area contributed by atoms with E-state index in [9.17, 15) is 0 Å². The van der Waals surface area contributed by atoms with Gasteiger partial charge in [-0.25, -0.2) is 0 Å². The van der Waals surface area contributed by atoms with E-state index in [1.54, 1.807) is 12.4 Å². The van der Waals surface area contributed by atoms with Gasteiger partial charge in [-0.1, -0.05) is 29.8 Å². The predicted octanol–water partition coefficient (Wildman–Crippen LogP) is 3.31. The Morgan fingerprint density at radius 3 is 2.67 bits per heavy atom. The van der Waals surface area contributed by atoms with Crippen molar-refractivity contribution in [1.29, 1.82) is 0 Å².